The average Bonchev–Trinajstić information content (AvgIpc) is 2.08. The van der Waals surface area contributed by atoms with Gasteiger partial charge in [0, 0.05) is 6.42 Å². The summed E-state index contributed by atoms with van der Waals surface area (Å²) in [6.07, 6.45) is 6.41. The Bertz CT molecular complexity index is 203. The minimum Gasteiger partial charge on any atom is -0.303 e. The Morgan fingerprint density at radius 2 is 2.31 bits per heavy atom. The van der Waals surface area contributed by atoms with Gasteiger partial charge >= 0.3 is 0 Å². The molecule has 0 fully saturated rings. The first kappa shape index (κ1) is 10.5. The molecule has 0 spiro atoms. The van der Waals surface area contributed by atoms with Gasteiger partial charge in [-0.05, 0) is 37.5 Å². The van der Waals surface area contributed by atoms with Crippen LogP contribution in [0.3, 0.4) is 0 Å². The van der Waals surface area contributed by atoms with Crippen LogP contribution in [-0.2, 0) is 4.79 Å². The lowest BCUT2D eigenvalue weighted by molar-refractivity contribution is -0.109. The van der Waals surface area contributed by atoms with Crippen LogP contribution in [0.2, 0.25) is 0 Å². The third-order valence-electron chi connectivity index (χ3n) is 3.19. The number of rotatable bonds is 3. The quantitative estimate of drug-likeness (QED) is 0.481. The van der Waals surface area contributed by atoms with E-state index in [1.165, 1.54) is 12.0 Å². The van der Waals surface area contributed by atoms with Crippen molar-refractivity contribution in [3.8, 4) is 0 Å². The molecule has 0 aliphatic heterocycles. The minimum atomic E-state index is 0.598. The van der Waals surface area contributed by atoms with Gasteiger partial charge in [0.2, 0.25) is 0 Å². The maximum absolute atomic E-state index is 10.5. The van der Waals surface area contributed by atoms with Crippen LogP contribution in [0.1, 0.15) is 40.0 Å². The number of hydrogen-bond acceptors (Lipinski definition) is 1. The highest BCUT2D eigenvalue weighted by molar-refractivity contribution is 5.50. The number of aldehydes is 1. The molecule has 1 aliphatic carbocycles. The third kappa shape index (κ3) is 2.68. The topological polar surface area (TPSA) is 17.1 Å². The number of carbonyl (C=O) groups excluding carboxylic acids is 1. The first-order valence-corrected chi connectivity index (χ1v) is 5.24. The molecule has 2 unspecified atom stereocenters. The van der Waals surface area contributed by atoms with E-state index in [-0.39, 0.29) is 0 Å². The second-order valence-corrected chi connectivity index (χ2v) is 4.56. The molecule has 1 rings (SSSR count). The van der Waals surface area contributed by atoms with E-state index < -0.39 is 0 Å². The highest BCUT2D eigenvalue weighted by atomic mass is 16.1. The van der Waals surface area contributed by atoms with Gasteiger partial charge in [-0.1, -0.05) is 25.5 Å². The van der Waals surface area contributed by atoms with Gasteiger partial charge in [-0.3, -0.25) is 0 Å². The number of hydrogen-bond donors (Lipinski definition) is 0. The van der Waals surface area contributed by atoms with E-state index in [1.807, 2.05) is 0 Å². The molecule has 0 saturated carbocycles. The van der Waals surface area contributed by atoms with E-state index in [2.05, 4.69) is 26.8 Å². The van der Waals surface area contributed by atoms with Crippen molar-refractivity contribution >= 4 is 6.29 Å². The van der Waals surface area contributed by atoms with Crippen LogP contribution in [0.25, 0.3) is 0 Å². The molecule has 74 valence electrons. The lowest BCUT2D eigenvalue weighted by Gasteiger charge is -2.32. The van der Waals surface area contributed by atoms with Crippen molar-refractivity contribution in [3.05, 3.63) is 11.6 Å². The van der Waals surface area contributed by atoms with Gasteiger partial charge in [0.05, 0.1) is 0 Å². The summed E-state index contributed by atoms with van der Waals surface area (Å²) in [6, 6.07) is 0. The second kappa shape index (κ2) is 4.59. The Morgan fingerprint density at radius 3 is 2.85 bits per heavy atom. The lowest BCUT2D eigenvalue weighted by atomic mass is 9.73. The molecule has 0 saturated heterocycles. The molecule has 0 aromatic rings. The molecule has 0 bridgehead atoms. The van der Waals surface area contributed by atoms with Crippen molar-refractivity contribution in [2.75, 3.05) is 0 Å². The molecule has 1 heteroatoms. The Labute approximate surface area is 81.2 Å². The molecule has 1 aliphatic rings. The Hall–Kier alpha value is -0.590. The van der Waals surface area contributed by atoms with E-state index in [1.54, 1.807) is 0 Å². The predicted molar refractivity (Wildman–Crippen MR) is 55.5 cm³/mol. The maximum atomic E-state index is 10.5. The van der Waals surface area contributed by atoms with E-state index in [0.29, 0.717) is 11.8 Å². The molecule has 0 amide bonds. The van der Waals surface area contributed by atoms with Crippen LogP contribution in [0, 0.1) is 17.8 Å². The smallest absolute Gasteiger partial charge is 0.120 e. The number of carbonyl (C=O) groups is 1. The molecule has 0 aromatic heterocycles. The summed E-state index contributed by atoms with van der Waals surface area (Å²) in [5.74, 6) is 2.02. The van der Waals surface area contributed by atoms with E-state index in [4.69, 9.17) is 0 Å². The fourth-order valence-corrected chi connectivity index (χ4v) is 2.32. The Balaban J connectivity index is 2.65. The largest absolute Gasteiger partial charge is 0.303 e. The van der Waals surface area contributed by atoms with Crippen LogP contribution in [-0.4, -0.2) is 6.29 Å². The first-order valence-electron chi connectivity index (χ1n) is 5.24. The normalized spacial score (nSPS) is 28.8. The SMILES string of the molecule is CC1=CCC(CC=O)C(C(C)C)C1. The number of allylic oxidation sites excluding steroid dienone is 2. The first-order chi connectivity index (χ1) is 6.15. The molecule has 0 radical (unpaired) electrons. The molecule has 0 aromatic carbocycles. The van der Waals surface area contributed by atoms with E-state index in [9.17, 15) is 4.79 Å². The van der Waals surface area contributed by atoms with Gasteiger partial charge in [-0.25, -0.2) is 0 Å². The minimum absolute atomic E-state index is 0.598. The molecule has 2 atom stereocenters. The zero-order valence-corrected chi connectivity index (χ0v) is 8.92. The van der Waals surface area contributed by atoms with Crippen molar-refractivity contribution in [2.45, 2.75) is 40.0 Å². The third-order valence-corrected chi connectivity index (χ3v) is 3.19. The molecule has 0 heterocycles. The van der Waals surface area contributed by atoms with Gasteiger partial charge < -0.3 is 4.79 Å². The van der Waals surface area contributed by atoms with Crippen LogP contribution in [0.5, 0.6) is 0 Å². The van der Waals surface area contributed by atoms with Crippen molar-refractivity contribution in [1.82, 2.24) is 0 Å². The summed E-state index contributed by atoms with van der Waals surface area (Å²) >= 11 is 0. The maximum Gasteiger partial charge on any atom is 0.120 e. The van der Waals surface area contributed by atoms with Crippen LogP contribution in [0.4, 0.5) is 0 Å². The molecular weight excluding hydrogens is 160 g/mol. The van der Waals surface area contributed by atoms with Gasteiger partial charge in [-0.2, -0.15) is 0 Å². The Morgan fingerprint density at radius 1 is 1.62 bits per heavy atom. The van der Waals surface area contributed by atoms with Gasteiger partial charge in [0.15, 0.2) is 0 Å². The molecule has 1 nitrogen and oxygen atoms in total. The van der Waals surface area contributed by atoms with Crippen molar-refractivity contribution < 1.29 is 4.79 Å². The summed E-state index contributed by atoms with van der Waals surface area (Å²) in [6.45, 7) is 6.73. The van der Waals surface area contributed by atoms with Crippen molar-refractivity contribution in [3.63, 3.8) is 0 Å². The molecule has 13 heavy (non-hydrogen) atoms. The Kier molecular flexibility index (Phi) is 3.71. The zero-order valence-electron chi connectivity index (χ0n) is 8.92. The van der Waals surface area contributed by atoms with E-state index in [0.717, 1.165) is 25.0 Å². The van der Waals surface area contributed by atoms with Gasteiger partial charge in [0.25, 0.3) is 0 Å². The van der Waals surface area contributed by atoms with Crippen molar-refractivity contribution in [1.29, 1.82) is 0 Å². The second-order valence-electron chi connectivity index (χ2n) is 4.56. The summed E-state index contributed by atoms with van der Waals surface area (Å²) in [5, 5.41) is 0. The highest BCUT2D eigenvalue weighted by Crippen LogP contribution is 2.35. The highest BCUT2D eigenvalue weighted by Gasteiger charge is 2.26. The molecular formula is C12H20O. The monoisotopic (exact) mass is 180 g/mol. The lowest BCUT2D eigenvalue weighted by Crippen LogP contribution is -2.23. The fourth-order valence-electron chi connectivity index (χ4n) is 2.32. The van der Waals surface area contributed by atoms with Gasteiger partial charge in [0.1, 0.15) is 6.29 Å². The van der Waals surface area contributed by atoms with E-state index >= 15 is 0 Å². The van der Waals surface area contributed by atoms with Crippen LogP contribution in [0.15, 0.2) is 11.6 Å². The van der Waals surface area contributed by atoms with Crippen LogP contribution >= 0.6 is 0 Å². The van der Waals surface area contributed by atoms with Crippen LogP contribution < -0.4 is 0 Å². The average molecular weight is 180 g/mol. The fraction of sp³-hybridized carbons (Fsp3) is 0.750. The summed E-state index contributed by atoms with van der Waals surface area (Å²) in [5.41, 5.74) is 1.50. The van der Waals surface area contributed by atoms with Crippen molar-refractivity contribution in [2.24, 2.45) is 17.8 Å². The zero-order chi connectivity index (χ0) is 9.84. The standard InChI is InChI=1S/C12H20O/c1-9(2)12-8-10(3)4-5-11(12)6-7-13/h4,7,9,11-12H,5-6,8H2,1-3H3. The predicted octanol–water partition coefficient (Wildman–Crippen LogP) is 3.20. The van der Waals surface area contributed by atoms with Gasteiger partial charge in [-0.15, -0.1) is 0 Å². The molecule has 0 N–H and O–H groups in total. The summed E-state index contributed by atoms with van der Waals surface area (Å²) in [4.78, 5) is 10.5. The summed E-state index contributed by atoms with van der Waals surface area (Å²) in [7, 11) is 0. The summed E-state index contributed by atoms with van der Waals surface area (Å²) < 4.78 is 0.